The van der Waals surface area contributed by atoms with Gasteiger partial charge in [0.2, 0.25) is 0 Å². The van der Waals surface area contributed by atoms with Gasteiger partial charge in [-0.15, -0.1) is 0 Å². The van der Waals surface area contributed by atoms with Crippen molar-refractivity contribution in [1.82, 2.24) is 5.32 Å². The van der Waals surface area contributed by atoms with E-state index in [1.807, 2.05) is 79.7 Å². The highest BCUT2D eigenvalue weighted by Crippen LogP contribution is 2.32. The Morgan fingerprint density at radius 3 is 1.88 bits per heavy atom. The molecular weight excluding hydrogens is 398 g/mol. The van der Waals surface area contributed by atoms with Gasteiger partial charge in [-0.25, -0.2) is 9.59 Å². The van der Waals surface area contributed by atoms with Crippen LogP contribution in [0.15, 0.2) is 72.8 Å². The van der Waals surface area contributed by atoms with E-state index in [4.69, 9.17) is 0 Å². The van der Waals surface area contributed by atoms with Crippen molar-refractivity contribution in [2.24, 2.45) is 0 Å². The SMILES string of the molecule is Cc1ccccc1N(C(=O)NC(=O)Nc1c(C(C)C)cccc1C(C)C)c1ccccc1. The second kappa shape index (κ2) is 10.1. The summed E-state index contributed by atoms with van der Waals surface area (Å²) < 4.78 is 0. The van der Waals surface area contributed by atoms with Gasteiger partial charge in [0.1, 0.15) is 0 Å². The van der Waals surface area contributed by atoms with Gasteiger partial charge in [0.15, 0.2) is 0 Å². The number of urea groups is 2. The predicted octanol–water partition coefficient (Wildman–Crippen LogP) is 7.32. The van der Waals surface area contributed by atoms with Gasteiger partial charge in [-0.1, -0.05) is 82.3 Å². The lowest BCUT2D eigenvalue weighted by molar-refractivity contribution is 0.238. The van der Waals surface area contributed by atoms with Gasteiger partial charge < -0.3 is 5.32 Å². The number of hydrogen-bond acceptors (Lipinski definition) is 2. The van der Waals surface area contributed by atoms with E-state index in [2.05, 4.69) is 38.3 Å². The number of aryl methyl sites for hydroxylation is 1. The van der Waals surface area contributed by atoms with Gasteiger partial charge in [0, 0.05) is 5.69 Å². The van der Waals surface area contributed by atoms with Gasteiger partial charge in [0.05, 0.1) is 11.4 Å². The lowest BCUT2D eigenvalue weighted by Crippen LogP contribution is -2.43. The average Bonchev–Trinajstić information content (AvgIpc) is 2.75. The van der Waals surface area contributed by atoms with Crippen molar-refractivity contribution < 1.29 is 9.59 Å². The Bertz CT molecular complexity index is 1060. The molecule has 32 heavy (non-hydrogen) atoms. The summed E-state index contributed by atoms with van der Waals surface area (Å²) in [4.78, 5) is 27.8. The van der Waals surface area contributed by atoms with Crippen molar-refractivity contribution in [2.75, 3.05) is 10.2 Å². The second-order valence-corrected chi connectivity index (χ2v) is 8.46. The van der Waals surface area contributed by atoms with E-state index in [0.29, 0.717) is 5.69 Å². The maximum atomic E-state index is 13.3. The van der Waals surface area contributed by atoms with Crippen LogP contribution >= 0.6 is 0 Å². The van der Waals surface area contributed by atoms with E-state index in [1.165, 1.54) is 4.90 Å². The molecule has 0 bridgehead atoms. The predicted molar refractivity (Wildman–Crippen MR) is 132 cm³/mol. The zero-order valence-corrected chi connectivity index (χ0v) is 19.3. The fraction of sp³-hybridized carbons (Fsp3) is 0.259. The van der Waals surface area contributed by atoms with Gasteiger partial charge >= 0.3 is 12.1 Å². The smallest absolute Gasteiger partial charge is 0.307 e. The third kappa shape index (κ3) is 5.17. The van der Waals surface area contributed by atoms with Crippen LogP contribution in [-0.2, 0) is 0 Å². The normalized spacial score (nSPS) is 10.8. The number of para-hydroxylation sites is 3. The van der Waals surface area contributed by atoms with E-state index in [9.17, 15) is 9.59 Å². The molecule has 4 amide bonds. The molecule has 0 heterocycles. The maximum absolute atomic E-state index is 13.3. The van der Waals surface area contributed by atoms with Crippen LogP contribution in [0, 0.1) is 6.92 Å². The number of benzene rings is 3. The molecule has 0 saturated heterocycles. The molecule has 0 radical (unpaired) electrons. The van der Waals surface area contributed by atoms with Crippen molar-refractivity contribution in [3.8, 4) is 0 Å². The number of carbonyl (C=O) groups excluding carboxylic acids is 2. The Labute approximate surface area is 190 Å². The summed E-state index contributed by atoms with van der Waals surface area (Å²) in [6, 6.07) is 21.9. The van der Waals surface area contributed by atoms with E-state index in [0.717, 1.165) is 28.1 Å². The number of rotatable bonds is 5. The number of amides is 4. The summed E-state index contributed by atoms with van der Waals surface area (Å²) in [7, 11) is 0. The summed E-state index contributed by atoms with van der Waals surface area (Å²) in [6.45, 7) is 10.3. The molecule has 0 saturated carbocycles. The highest BCUT2D eigenvalue weighted by Gasteiger charge is 2.23. The molecule has 5 nitrogen and oxygen atoms in total. The summed E-state index contributed by atoms with van der Waals surface area (Å²) in [6.07, 6.45) is 0. The second-order valence-electron chi connectivity index (χ2n) is 8.46. The Balaban J connectivity index is 1.90. The standard InChI is InChI=1S/C27H31N3O2/c1-18(2)22-15-11-16-23(19(3)4)25(22)28-26(31)29-27(32)30(21-13-7-6-8-14-21)24-17-10-9-12-20(24)5/h6-19H,1-5H3,(H2,28,29,31,32). The fourth-order valence-corrected chi connectivity index (χ4v) is 3.75. The largest absolute Gasteiger partial charge is 0.334 e. The molecule has 0 aliphatic rings. The first-order chi connectivity index (χ1) is 15.3. The zero-order chi connectivity index (χ0) is 23.3. The van der Waals surface area contributed by atoms with Crippen LogP contribution in [0.1, 0.15) is 56.2 Å². The molecule has 3 rings (SSSR count). The lowest BCUT2D eigenvalue weighted by atomic mass is 9.93. The van der Waals surface area contributed by atoms with Gasteiger partial charge in [0.25, 0.3) is 0 Å². The first-order valence-electron chi connectivity index (χ1n) is 10.9. The number of imide groups is 1. The molecule has 0 aliphatic heterocycles. The van der Waals surface area contributed by atoms with E-state index in [1.54, 1.807) is 0 Å². The molecule has 0 aliphatic carbocycles. The Kier molecular flexibility index (Phi) is 7.31. The summed E-state index contributed by atoms with van der Waals surface area (Å²) in [5, 5.41) is 5.47. The number of hydrogen-bond donors (Lipinski definition) is 2. The third-order valence-corrected chi connectivity index (χ3v) is 5.41. The van der Waals surface area contributed by atoms with E-state index < -0.39 is 12.1 Å². The number of carbonyl (C=O) groups is 2. The van der Waals surface area contributed by atoms with E-state index in [-0.39, 0.29) is 11.8 Å². The van der Waals surface area contributed by atoms with Crippen molar-refractivity contribution >= 4 is 29.1 Å². The topological polar surface area (TPSA) is 61.4 Å². The van der Waals surface area contributed by atoms with Gasteiger partial charge in [-0.2, -0.15) is 0 Å². The number of nitrogens with one attached hydrogen (secondary N) is 2. The molecule has 0 unspecified atom stereocenters. The zero-order valence-electron chi connectivity index (χ0n) is 19.3. The molecule has 5 heteroatoms. The lowest BCUT2D eigenvalue weighted by Gasteiger charge is -2.25. The van der Waals surface area contributed by atoms with Crippen LogP contribution in [0.4, 0.5) is 26.7 Å². The van der Waals surface area contributed by atoms with Gasteiger partial charge in [-0.05, 0) is 53.6 Å². The fourth-order valence-electron chi connectivity index (χ4n) is 3.75. The Morgan fingerprint density at radius 2 is 1.31 bits per heavy atom. The van der Waals surface area contributed by atoms with Crippen LogP contribution < -0.4 is 15.5 Å². The monoisotopic (exact) mass is 429 g/mol. The minimum Gasteiger partial charge on any atom is -0.307 e. The Morgan fingerprint density at radius 1 is 0.750 bits per heavy atom. The van der Waals surface area contributed by atoms with Crippen LogP contribution in [0.25, 0.3) is 0 Å². The van der Waals surface area contributed by atoms with Crippen LogP contribution in [-0.4, -0.2) is 12.1 Å². The summed E-state index contributed by atoms with van der Waals surface area (Å²) >= 11 is 0. The molecule has 3 aromatic carbocycles. The quantitative estimate of drug-likeness (QED) is 0.446. The third-order valence-electron chi connectivity index (χ3n) is 5.41. The van der Waals surface area contributed by atoms with Crippen LogP contribution in [0.5, 0.6) is 0 Å². The number of nitrogens with zero attached hydrogens (tertiary/aromatic N) is 1. The van der Waals surface area contributed by atoms with Gasteiger partial charge in [-0.3, -0.25) is 10.2 Å². The van der Waals surface area contributed by atoms with Crippen LogP contribution in [0.3, 0.4) is 0 Å². The van der Waals surface area contributed by atoms with Crippen molar-refractivity contribution in [3.63, 3.8) is 0 Å². The van der Waals surface area contributed by atoms with Crippen molar-refractivity contribution in [1.29, 1.82) is 0 Å². The highest BCUT2D eigenvalue weighted by molar-refractivity contribution is 6.10. The molecule has 3 aromatic rings. The van der Waals surface area contributed by atoms with Crippen molar-refractivity contribution in [2.45, 2.75) is 46.5 Å². The molecule has 0 spiro atoms. The molecule has 166 valence electrons. The van der Waals surface area contributed by atoms with Crippen molar-refractivity contribution in [3.05, 3.63) is 89.5 Å². The maximum Gasteiger partial charge on any atom is 0.334 e. The number of anilines is 3. The average molecular weight is 430 g/mol. The molecular formula is C27H31N3O2. The molecule has 0 aromatic heterocycles. The Hall–Kier alpha value is -3.60. The molecule has 2 N–H and O–H groups in total. The highest BCUT2D eigenvalue weighted by atomic mass is 16.2. The first kappa shape index (κ1) is 23.1. The molecule has 0 fully saturated rings. The van der Waals surface area contributed by atoms with E-state index >= 15 is 0 Å². The first-order valence-corrected chi connectivity index (χ1v) is 10.9. The minimum atomic E-state index is -0.556. The summed E-state index contributed by atoms with van der Waals surface area (Å²) in [5.41, 5.74) is 5.17. The minimum absolute atomic E-state index is 0.229. The summed E-state index contributed by atoms with van der Waals surface area (Å²) in [5.74, 6) is 0.458. The molecule has 0 atom stereocenters. The van der Waals surface area contributed by atoms with Crippen LogP contribution in [0.2, 0.25) is 0 Å².